The molecular weight excluding hydrogens is 350 g/mol. The van der Waals surface area contributed by atoms with Crippen molar-refractivity contribution in [3.05, 3.63) is 42.1 Å². The maximum absolute atomic E-state index is 12.5. The predicted octanol–water partition coefficient (Wildman–Crippen LogP) is 1.27. The van der Waals surface area contributed by atoms with Crippen LogP contribution in [-0.2, 0) is 23.2 Å². The minimum Gasteiger partial charge on any atom is -0.497 e. The van der Waals surface area contributed by atoms with Crippen LogP contribution in [0.15, 0.2) is 36.5 Å². The van der Waals surface area contributed by atoms with E-state index in [0.29, 0.717) is 11.6 Å². The number of nitrogens with one attached hydrogen (secondary N) is 2. The summed E-state index contributed by atoms with van der Waals surface area (Å²) in [6.45, 7) is 0.172. The number of anilines is 1. The molecule has 1 atom stereocenters. The molecule has 0 unspecified atom stereocenters. The highest BCUT2D eigenvalue weighted by Gasteiger charge is 2.37. The Hall–Kier alpha value is -3.36. The van der Waals surface area contributed by atoms with E-state index in [4.69, 9.17) is 4.74 Å². The van der Waals surface area contributed by atoms with E-state index in [1.165, 1.54) is 0 Å². The molecule has 27 heavy (non-hydrogen) atoms. The van der Waals surface area contributed by atoms with Crippen LogP contribution in [0, 0.1) is 0 Å². The summed E-state index contributed by atoms with van der Waals surface area (Å²) in [4.78, 5) is 37.8. The average Bonchev–Trinajstić information content (AvgIpc) is 3.18. The highest BCUT2D eigenvalue weighted by molar-refractivity contribution is 6.04. The van der Waals surface area contributed by atoms with E-state index < -0.39 is 12.1 Å². The number of hydrogen-bond acceptors (Lipinski definition) is 5. The molecule has 4 amide bonds. The van der Waals surface area contributed by atoms with Crippen molar-refractivity contribution in [2.75, 3.05) is 12.4 Å². The molecule has 1 fully saturated rings. The summed E-state index contributed by atoms with van der Waals surface area (Å²) in [7, 11) is 3.32. The average molecular weight is 371 g/mol. The van der Waals surface area contributed by atoms with Crippen molar-refractivity contribution in [2.24, 2.45) is 7.05 Å². The van der Waals surface area contributed by atoms with E-state index >= 15 is 0 Å². The van der Waals surface area contributed by atoms with Crippen LogP contribution in [0.4, 0.5) is 10.6 Å². The number of rotatable bonds is 7. The van der Waals surface area contributed by atoms with Crippen molar-refractivity contribution in [3.8, 4) is 5.75 Å². The van der Waals surface area contributed by atoms with Crippen molar-refractivity contribution in [3.63, 3.8) is 0 Å². The fourth-order valence-corrected chi connectivity index (χ4v) is 2.80. The van der Waals surface area contributed by atoms with Gasteiger partial charge in [0.15, 0.2) is 5.82 Å². The number of ether oxygens (including phenoxy) is 1. The van der Waals surface area contributed by atoms with Gasteiger partial charge in [0.2, 0.25) is 5.91 Å². The Bertz CT molecular complexity index is 846. The predicted molar refractivity (Wildman–Crippen MR) is 96.9 cm³/mol. The van der Waals surface area contributed by atoms with Crippen LogP contribution in [0.1, 0.15) is 18.4 Å². The highest BCUT2D eigenvalue weighted by atomic mass is 16.5. The first-order chi connectivity index (χ1) is 13.0. The van der Waals surface area contributed by atoms with Crippen molar-refractivity contribution >= 4 is 23.7 Å². The van der Waals surface area contributed by atoms with Gasteiger partial charge in [0.1, 0.15) is 11.8 Å². The van der Waals surface area contributed by atoms with Gasteiger partial charge in [-0.15, -0.1) is 0 Å². The van der Waals surface area contributed by atoms with Crippen LogP contribution in [0.25, 0.3) is 0 Å². The van der Waals surface area contributed by atoms with Crippen molar-refractivity contribution in [1.82, 2.24) is 20.0 Å². The molecule has 0 spiro atoms. The van der Waals surface area contributed by atoms with Crippen LogP contribution < -0.4 is 15.4 Å². The van der Waals surface area contributed by atoms with Gasteiger partial charge in [0, 0.05) is 25.7 Å². The summed E-state index contributed by atoms with van der Waals surface area (Å²) < 4.78 is 6.67. The maximum Gasteiger partial charge on any atom is 0.325 e. The number of amides is 4. The lowest BCUT2D eigenvalue weighted by Gasteiger charge is -2.13. The molecule has 3 rings (SSSR count). The summed E-state index contributed by atoms with van der Waals surface area (Å²) in [5.41, 5.74) is 0.813. The quantitative estimate of drug-likeness (QED) is 0.713. The van der Waals surface area contributed by atoms with E-state index in [1.807, 2.05) is 0 Å². The molecule has 0 aliphatic carbocycles. The molecular formula is C18H21N5O4. The number of imide groups is 1. The first kappa shape index (κ1) is 18.4. The number of methoxy groups -OCH3 is 1. The maximum atomic E-state index is 12.5. The minimum absolute atomic E-state index is 0.101. The summed E-state index contributed by atoms with van der Waals surface area (Å²) in [5.74, 6) is 0.559. The second-order valence-electron chi connectivity index (χ2n) is 6.24. The van der Waals surface area contributed by atoms with Crippen LogP contribution in [-0.4, -0.2) is 45.7 Å². The van der Waals surface area contributed by atoms with Crippen LogP contribution >= 0.6 is 0 Å². The van der Waals surface area contributed by atoms with E-state index in [2.05, 4.69) is 15.7 Å². The zero-order valence-corrected chi connectivity index (χ0v) is 15.1. The van der Waals surface area contributed by atoms with Crippen molar-refractivity contribution in [1.29, 1.82) is 0 Å². The number of aryl methyl sites for hydroxylation is 1. The van der Waals surface area contributed by atoms with Gasteiger partial charge in [-0.05, 0) is 24.1 Å². The van der Waals surface area contributed by atoms with Crippen LogP contribution in [0.3, 0.4) is 0 Å². The third-order valence-corrected chi connectivity index (χ3v) is 4.25. The first-order valence-corrected chi connectivity index (χ1v) is 8.50. The molecule has 0 saturated carbocycles. The highest BCUT2D eigenvalue weighted by Crippen LogP contribution is 2.17. The fraction of sp³-hybridized carbons (Fsp3) is 0.333. The molecule has 1 saturated heterocycles. The van der Waals surface area contributed by atoms with Gasteiger partial charge in [-0.3, -0.25) is 19.2 Å². The Morgan fingerprint density at radius 3 is 2.63 bits per heavy atom. The number of aromatic nitrogens is 2. The largest absolute Gasteiger partial charge is 0.497 e. The zero-order valence-electron chi connectivity index (χ0n) is 15.1. The Morgan fingerprint density at radius 1 is 1.26 bits per heavy atom. The first-order valence-electron chi connectivity index (χ1n) is 8.50. The lowest BCUT2D eigenvalue weighted by Crippen LogP contribution is -2.31. The zero-order chi connectivity index (χ0) is 19.4. The molecule has 0 radical (unpaired) electrons. The molecule has 142 valence electrons. The van der Waals surface area contributed by atoms with E-state index in [-0.39, 0.29) is 31.2 Å². The fourth-order valence-electron chi connectivity index (χ4n) is 2.80. The number of hydrogen-bond donors (Lipinski definition) is 2. The second-order valence-corrected chi connectivity index (χ2v) is 6.24. The molecule has 1 aromatic carbocycles. The van der Waals surface area contributed by atoms with Gasteiger partial charge in [0.05, 0.1) is 13.7 Å². The van der Waals surface area contributed by atoms with Crippen molar-refractivity contribution in [2.45, 2.75) is 25.4 Å². The van der Waals surface area contributed by atoms with Gasteiger partial charge in [-0.25, -0.2) is 4.79 Å². The number of carbonyl (C=O) groups excluding carboxylic acids is 3. The van der Waals surface area contributed by atoms with Gasteiger partial charge in [0.25, 0.3) is 5.91 Å². The Morgan fingerprint density at radius 2 is 2.00 bits per heavy atom. The normalized spacial score (nSPS) is 16.4. The number of nitrogens with zero attached hydrogens (tertiary/aromatic N) is 3. The lowest BCUT2D eigenvalue weighted by molar-refractivity contribution is -0.128. The van der Waals surface area contributed by atoms with Gasteiger partial charge in [-0.2, -0.15) is 5.10 Å². The molecule has 2 aromatic rings. The summed E-state index contributed by atoms with van der Waals surface area (Å²) in [6.07, 6.45) is 2.04. The Balaban J connectivity index is 1.52. The third kappa shape index (κ3) is 4.43. The summed E-state index contributed by atoms with van der Waals surface area (Å²) in [6, 6.07) is 7.66. The number of carbonyl (C=O) groups is 3. The van der Waals surface area contributed by atoms with Crippen LogP contribution in [0.2, 0.25) is 0 Å². The van der Waals surface area contributed by atoms with E-state index in [1.54, 1.807) is 55.4 Å². The minimum atomic E-state index is -0.703. The Kier molecular flexibility index (Phi) is 5.39. The molecule has 9 heteroatoms. The summed E-state index contributed by atoms with van der Waals surface area (Å²) >= 11 is 0. The molecule has 2 heterocycles. The number of benzene rings is 1. The van der Waals surface area contributed by atoms with Crippen LogP contribution in [0.5, 0.6) is 5.75 Å². The van der Waals surface area contributed by atoms with Gasteiger partial charge < -0.3 is 15.4 Å². The topological polar surface area (TPSA) is 106 Å². The van der Waals surface area contributed by atoms with Gasteiger partial charge in [-0.1, -0.05) is 12.1 Å². The number of urea groups is 1. The smallest absolute Gasteiger partial charge is 0.325 e. The Labute approximate surface area is 156 Å². The molecule has 1 aliphatic heterocycles. The molecule has 1 aliphatic rings. The molecule has 2 N–H and O–H groups in total. The molecule has 9 nitrogen and oxygen atoms in total. The molecule has 1 aromatic heterocycles. The van der Waals surface area contributed by atoms with Gasteiger partial charge >= 0.3 is 6.03 Å². The van der Waals surface area contributed by atoms with Crippen molar-refractivity contribution < 1.29 is 19.1 Å². The monoisotopic (exact) mass is 371 g/mol. The second kappa shape index (κ2) is 7.90. The third-order valence-electron chi connectivity index (χ3n) is 4.25. The standard InChI is InChI=1S/C18H21N5O4/c1-22-10-9-15(21-22)20-16(24)8-7-14-17(25)23(18(26)19-14)11-12-3-5-13(27-2)6-4-12/h3-6,9-10,14H,7-8,11H2,1-2H3,(H,19,26)(H,20,21,24)/t14-/m0/s1. The molecule has 0 bridgehead atoms. The summed E-state index contributed by atoms with van der Waals surface area (Å²) in [5, 5.41) is 9.35. The lowest BCUT2D eigenvalue weighted by atomic mass is 10.1. The van der Waals surface area contributed by atoms with E-state index in [0.717, 1.165) is 10.5 Å². The SMILES string of the molecule is COc1ccc(CN2C(=O)N[C@@H](CCC(=O)Nc3ccn(C)n3)C2=O)cc1. The van der Waals surface area contributed by atoms with E-state index in [9.17, 15) is 14.4 Å².